The standard InChI is InChI=1S/C45H29N5/c1-2-10-34(11-3-1)49-27-25-33-28-43-38(29-42(33)49)36-12-5-7-16-41(36)50(43)35-23-21-32(22-24-35)45-47-40-15-6-4-13-37(40)44(48-45)31-19-17-30(18-20-31)39-14-8-9-26-46-39/h1-29H. The second-order valence-electron chi connectivity index (χ2n) is 12.6. The molecule has 5 heteroatoms. The van der Waals surface area contributed by atoms with Gasteiger partial charge in [-0.1, -0.05) is 84.9 Å². The van der Waals surface area contributed by atoms with Crippen LogP contribution >= 0.6 is 0 Å². The van der Waals surface area contributed by atoms with Crippen LogP contribution in [-0.4, -0.2) is 24.1 Å². The molecule has 0 aliphatic rings. The molecule has 0 atom stereocenters. The van der Waals surface area contributed by atoms with Crippen LogP contribution in [0, 0.1) is 0 Å². The van der Waals surface area contributed by atoms with Gasteiger partial charge in [-0.3, -0.25) is 4.98 Å². The Kier molecular flexibility index (Phi) is 6.42. The Labute approximate surface area is 288 Å². The van der Waals surface area contributed by atoms with Crippen molar-refractivity contribution in [3.63, 3.8) is 0 Å². The van der Waals surface area contributed by atoms with Gasteiger partial charge in [0.05, 0.1) is 33.5 Å². The smallest absolute Gasteiger partial charge is 0.160 e. The number of para-hydroxylation sites is 3. The van der Waals surface area contributed by atoms with Crippen LogP contribution < -0.4 is 0 Å². The van der Waals surface area contributed by atoms with Crippen LogP contribution in [0.1, 0.15) is 0 Å². The van der Waals surface area contributed by atoms with Gasteiger partial charge in [0, 0.05) is 62.0 Å². The molecule has 50 heavy (non-hydrogen) atoms. The van der Waals surface area contributed by atoms with Crippen LogP contribution in [0.25, 0.3) is 88.9 Å². The van der Waals surface area contributed by atoms with E-state index in [4.69, 9.17) is 9.97 Å². The van der Waals surface area contributed by atoms with Gasteiger partial charge in [0.1, 0.15) is 0 Å². The quantitative estimate of drug-likeness (QED) is 0.188. The number of benzene rings is 6. The molecule has 0 amide bonds. The highest BCUT2D eigenvalue weighted by Crippen LogP contribution is 2.37. The van der Waals surface area contributed by atoms with Gasteiger partial charge in [-0.15, -0.1) is 0 Å². The summed E-state index contributed by atoms with van der Waals surface area (Å²) in [6.07, 6.45) is 3.98. The molecule has 0 saturated heterocycles. The van der Waals surface area contributed by atoms with Gasteiger partial charge in [-0.2, -0.15) is 0 Å². The molecule has 5 nitrogen and oxygen atoms in total. The Morgan fingerprint density at radius 1 is 0.440 bits per heavy atom. The summed E-state index contributed by atoms with van der Waals surface area (Å²) in [5.41, 5.74) is 11.6. The first-order chi connectivity index (χ1) is 24.8. The Morgan fingerprint density at radius 2 is 1.16 bits per heavy atom. The molecule has 6 aromatic carbocycles. The van der Waals surface area contributed by atoms with Crippen molar-refractivity contribution in [3.8, 4) is 45.3 Å². The highest BCUT2D eigenvalue weighted by atomic mass is 15.0. The lowest BCUT2D eigenvalue weighted by atomic mass is 10.0. The molecule has 4 heterocycles. The molecular formula is C45H29N5. The van der Waals surface area contributed by atoms with Gasteiger partial charge in [0.25, 0.3) is 0 Å². The average Bonchev–Trinajstić information content (AvgIpc) is 3.76. The van der Waals surface area contributed by atoms with E-state index in [1.807, 2.05) is 36.5 Å². The molecule has 0 N–H and O–H groups in total. The van der Waals surface area contributed by atoms with Crippen molar-refractivity contribution in [1.29, 1.82) is 0 Å². The van der Waals surface area contributed by atoms with Gasteiger partial charge in [0.2, 0.25) is 0 Å². The van der Waals surface area contributed by atoms with Gasteiger partial charge in [-0.25, -0.2) is 9.97 Å². The van der Waals surface area contributed by atoms with Crippen molar-refractivity contribution in [2.45, 2.75) is 0 Å². The monoisotopic (exact) mass is 639 g/mol. The van der Waals surface area contributed by atoms with Gasteiger partial charge in [-0.05, 0) is 78.9 Å². The summed E-state index contributed by atoms with van der Waals surface area (Å²) in [4.78, 5) is 14.7. The molecule has 0 saturated carbocycles. The minimum absolute atomic E-state index is 0.699. The topological polar surface area (TPSA) is 48.5 Å². The largest absolute Gasteiger partial charge is 0.317 e. The Balaban J connectivity index is 1.07. The maximum absolute atomic E-state index is 5.16. The molecular weight excluding hydrogens is 611 g/mol. The fourth-order valence-corrected chi connectivity index (χ4v) is 7.21. The molecule has 0 bridgehead atoms. The van der Waals surface area contributed by atoms with Crippen molar-refractivity contribution >= 4 is 43.6 Å². The second-order valence-corrected chi connectivity index (χ2v) is 12.6. The van der Waals surface area contributed by atoms with Crippen molar-refractivity contribution in [2.24, 2.45) is 0 Å². The Morgan fingerprint density at radius 3 is 1.98 bits per heavy atom. The fraction of sp³-hybridized carbons (Fsp3) is 0. The van der Waals surface area contributed by atoms with Gasteiger partial charge >= 0.3 is 0 Å². The summed E-state index contributed by atoms with van der Waals surface area (Å²) in [5, 5.41) is 4.68. The average molecular weight is 640 g/mol. The first-order valence-corrected chi connectivity index (χ1v) is 16.8. The first kappa shape index (κ1) is 28.2. The predicted octanol–water partition coefficient (Wildman–Crippen LogP) is 11.1. The molecule has 0 aliphatic heterocycles. The van der Waals surface area contributed by atoms with Gasteiger partial charge in [0.15, 0.2) is 5.82 Å². The number of aromatic nitrogens is 5. The lowest BCUT2D eigenvalue weighted by Gasteiger charge is -2.12. The van der Waals surface area contributed by atoms with E-state index in [-0.39, 0.29) is 0 Å². The predicted molar refractivity (Wildman–Crippen MR) is 205 cm³/mol. The van der Waals surface area contributed by atoms with E-state index in [2.05, 4.69) is 154 Å². The normalized spacial score (nSPS) is 11.6. The lowest BCUT2D eigenvalue weighted by Crippen LogP contribution is -1.97. The van der Waals surface area contributed by atoms with E-state index in [1.54, 1.807) is 0 Å². The van der Waals surface area contributed by atoms with Gasteiger partial charge < -0.3 is 9.13 Å². The maximum Gasteiger partial charge on any atom is 0.160 e. The molecule has 0 fully saturated rings. The second kappa shape index (κ2) is 11.4. The van der Waals surface area contributed by atoms with Crippen LogP contribution in [0.3, 0.4) is 0 Å². The van der Waals surface area contributed by atoms with E-state index in [0.717, 1.165) is 50.4 Å². The van der Waals surface area contributed by atoms with Crippen LogP contribution in [-0.2, 0) is 0 Å². The molecule has 10 rings (SSSR count). The van der Waals surface area contributed by atoms with E-state index in [1.165, 1.54) is 32.7 Å². The third-order valence-electron chi connectivity index (χ3n) is 9.62. The molecule has 234 valence electrons. The summed E-state index contributed by atoms with van der Waals surface area (Å²) in [6, 6.07) is 57.3. The molecule has 4 aromatic heterocycles. The Bertz CT molecular complexity index is 2830. The first-order valence-electron chi connectivity index (χ1n) is 16.8. The number of fused-ring (bicyclic) bond motifs is 5. The number of pyridine rings is 1. The van der Waals surface area contributed by atoms with Crippen molar-refractivity contribution < 1.29 is 0 Å². The van der Waals surface area contributed by atoms with Crippen LogP contribution in [0.4, 0.5) is 0 Å². The van der Waals surface area contributed by atoms with Crippen molar-refractivity contribution in [1.82, 2.24) is 24.1 Å². The maximum atomic E-state index is 5.16. The summed E-state index contributed by atoms with van der Waals surface area (Å²) in [5.74, 6) is 0.699. The van der Waals surface area contributed by atoms with E-state index in [0.29, 0.717) is 5.82 Å². The summed E-state index contributed by atoms with van der Waals surface area (Å²) >= 11 is 0. The third-order valence-corrected chi connectivity index (χ3v) is 9.62. The highest BCUT2D eigenvalue weighted by molar-refractivity contribution is 6.13. The molecule has 0 unspecified atom stereocenters. The van der Waals surface area contributed by atoms with E-state index in [9.17, 15) is 0 Å². The van der Waals surface area contributed by atoms with Crippen LogP contribution in [0.5, 0.6) is 0 Å². The molecule has 0 spiro atoms. The Hall–Kier alpha value is -6.85. The van der Waals surface area contributed by atoms with Crippen molar-refractivity contribution in [3.05, 3.63) is 176 Å². The summed E-state index contributed by atoms with van der Waals surface area (Å²) < 4.78 is 4.63. The third kappa shape index (κ3) is 4.60. The van der Waals surface area contributed by atoms with Crippen LogP contribution in [0.2, 0.25) is 0 Å². The molecule has 0 aliphatic carbocycles. The number of hydrogen-bond acceptors (Lipinski definition) is 3. The fourth-order valence-electron chi connectivity index (χ4n) is 7.21. The highest BCUT2D eigenvalue weighted by Gasteiger charge is 2.16. The van der Waals surface area contributed by atoms with Crippen LogP contribution in [0.15, 0.2) is 176 Å². The number of hydrogen-bond donors (Lipinski definition) is 0. The minimum Gasteiger partial charge on any atom is -0.317 e. The van der Waals surface area contributed by atoms with E-state index >= 15 is 0 Å². The van der Waals surface area contributed by atoms with E-state index < -0.39 is 0 Å². The lowest BCUT2D eigenvalue weighted by molar-refractivity contribution is 1.13. The summed E-state index contributed by atoms with van der Waals surface area (Å²) in [6.45, 7) is 0. The summed E-state index contributed by atoms with van der Waals surface area (Å²) in [7, 11) is 0. The zero-order valence-corrected chi connectivity index (χ0v) is 27.0. The zero-order valence-electron chi connectivity index (χ0n) is 27.0. The SMILES string of the molecule is c1ccc(-n2ccc3cc4c(cc32)c2ccccc2n4-c2ccc(-c3nc(-c4ccc(-c5ccccn5)cc4)c4ccccc4n3)cc2)cc1. The molecule has 10 aromatic rings. The van der Waals surface area contributed by atoms with Crippen molar-refractivity contribution in [2.75, 3.05) is 0 Å². The minimum atomic E-state index is 0.699. The number of nitrogens with zero attached hydrogens (tertiary/aromatic N) is 5. The zero-order chi connectivity index (χ0) is 33.0. The number of rotatable bonds is 5. The molecule has 0 radical (unpaired) electrons.